The minimum absolute atomic E-state index is 0.115. The third-order valence-electron chi connectivity index (χ3n) is 1.88. The van der Waals surface area contributed by atoms with E-state index in [2.05, 4.69) is 5.32 Å². The van der Waals surface area contributed by atoms with Gasteiger partial charge in [-0.2, -0.15) is 0 Å². The normalized spacial score (nSPS) is 9.41. The molecule has 0 aliphatic carbocycles. The lowest BCUT2D eigenvalue weighted by Gasteiger charge is -2.05. The van der Waals surface area contributed by atoms with Gasteiger partial charge >= 0.3 is 6.09 Å². The van der Waals surface area contributed by atoms with Crippen molar-refractivity contribution in [1.82, 2.24) is 5.32 Å². The van der Waals surface area contributed by atoms with Crippen LogP contribution < -0.4 is 5.32 Å². The van der Waals surface area contributed by atoms with Crippen LogP contribution in [0.5, 0.6) is 0 Å². The number of nitro groups is 1. The van der Waals surface area contributed by atoms with Crippen LogP contribution in [0.2, 0.25) is 0 Å². The molecule has 0 unspecified atom stereocenters. The topological polar surface area (TPSA) is 98.5 Å². The molecule has 0 aliphatic heterocycles. The fourth-order valence-electron chi connectivity index (χ4n) is 1.13. The highest BCUT2D eigenvalue weighted by Crippen LogP contribution is 2.18. The SMILES string of the molecule is O=CCNC(=O)OCc1ccccc1[N+](=O)[O-]. The molecule has 1 aromatic rings. The van der Waals surface area contributed by atoms with E-state index in [1.54, 1.807) is 6.07 Å². The van der Waals surface area contributed by atoms with E-state index >= 15 is 0 Å². The van der Waals surface area contributed by atoms with Crippen molar-refractivity contribution in [1.29, 1.82) is 0 Å². The number of amides is 1. The van der Waals surface area contributed by atoms with E-state index < -0.39 is 11.0 Å². The molecule has 0 aromatic heterocycles. The average molecular weight is 238 g/mol. The molecule has 1 rings (SSSR count). The average Bonchev–Trinajstić information content (AvgIpc) is 2.34. The number of rotatable bonds is 5. The minimum atomic E-state index is -0.796. The van der Waals surface area contributed by atoms with E-state index in [1.165, 1.54) is 18.2 Å². The molecule has 0 bridgehead atoms. The van der Waals surface area contributed by atoms with E-state index in [0.29, 0.717) is 11.8 Å². The molecule has 17 heavy (non-hydrogen) atoms. The number of benzene rings is 1. The molecule has 0 spiro atoms. The maximum absolute atomic E-state index is 11.0. The molecular formula is C10H10N2O5. The van der Waals surface area contributed by atoms with Gasteiger partial charge in [-0.1, -0.05) is 12.1 Å². The molecule has 0 radical (unpaired) electrons. The van der Waals surface area contributed by atoms with E-state index in [9.17, 15) is 19.7 Å². The summed E-state index contributed by atoms with van der Waals surface area (Å²) in [7, 11) is 0. The summed E-state index contributed by atoms with van der Waals surface area (Å²) in [6, 6.07) is 5.94. The Bertz CT molecular complexity index is 432. The number of hydrogen-bond donors (Lipinski definition) is 1. The standard InChI is InChI=1S/C10H10N2O5/c13-6-5-11-10(14)17-7-8-3-1-2-4-9(8)12(15)16/h1-4,6H,5,7H2,(H,11,14). The number of alkyl carbamates (subject to hydrolysis) is 1. The third kappa shape index (κ3) is 3.90. The van der Waals surface area contributed by atoms with E-state index in [1.807, 2.05) is 0 Å². The van der Waals surface area contributed by atoms with E-state index in [-0.39, 0.29) is 18.8 Å². The van der Waals surface area contributed by atoms with Crippen LogP contribution in [0.25, 0.3) is 0 Å². The number of aldehydes is 1. The molecule has 0 atom stereocenters. The second kappa shape index (κ2) is 6.21. The number of para-hydroxylation sites is 1. The largest absolute Gasteiger partial charge is 0.444 e. The summed E-state index contributed by atoms with van der Waals surface area (Å²) in [6.45, 7) is -0.377. The summed E-state index contributed by atoms with van der Waals surface area (Å²) >= 11 is 0. The van der Waals surface area contributed by atoms with Crippen molar-refractivity contribution in [2.75, 3.05) is 6.54 Å². The predicted octanol–water partition coefficient (Wildman–Crippen LogP) is 1.02. The van der Waals surface area contributed by atoms with Gasteiger partial charge in [-0.25, -0.2) is 4.79 Å². The maximum atomic E-state index is 11.0. The maximum Gasteiger partial charge on any atom is 0.407 e. The lowest BCUT2D eigenvalue weighted by Crippen LogP contribution is -2.25. The van der Waals surface area contributed by atoms with Crippen LogP contribution in [0, 0.1) is 10.1 Å². The zero-order chi connectivity index (χ0) is 12.7. The van der Waals surface area contributed by atoms with Crippen molar-refractivity contribution >= 4 is 18.1 Å². The fourth-order valence-corrected chi connectivity index (χ4v) is 1.13. The van der Waals surface area contributed by atoms with Crippen molar-refractivity contribution in [3.05, 3.63) is 39.9 Å². The molecule has 1 amide bonds. The van der Waals surface area contributed by atoms with Crippen molar-refractivity contribution in [2.45, 2.75) is 6.61 Å². The molecular weight excluding hydrogens is 228 g/mol. The molecule has 1 aromatic carbocycles. The highest BCUT2D eigenvalue weighted by atomic mass is 16.6. The summed E-state index contributed by atoms with van der Waals surface area (Å²) < 4.78 is 4.71. The van der Waals surface area contributed by atoms with Crippen molar-refractivity contribution < 1.29 is 19.2 Å². The van der Waals surface area contributed by atoms with Gasteiger partial charge in [-0.05, 0) is 6.07 Å². The van der Waals surface area contributed by atoms with Gasteiger partial charge in [0.25, 0.3) is 5.69 Å². The lowest BCUT2D eigenvalue weighted by atomic mass is 10.2. The van der Waals surface area contributed by atoms with Crippen LogP contribution in [0.1, 0.15) is 5.56 Å². The number of nitro benzene ring substituents is 1. The van der Waals surface area contributed by atoms with Crippen molar-refractivity contribution in [2.24, 2.45) is 0 Å². The fraction of sp³-hybridized carbons (Fsp3) is 0.200. The summed E-state index contributed by atoms with van der Waals surface area (Å²) in [6.07, 6.45) is -0.290. The van der Waals surface area contributed by atoms with Crippen LogP contribution in [-0.2, 0) is 16.1 Å². The highest BCUT2D eigenvalue weighted by molar-refractivity contribution is 5.70. The van der Waals surface area contributed by atoms with Crippen LogP contribution in [-0.4, -0.2) is 23.8 Å². The Hall–Kier alpha value is -2.44. The van der Waals surface area contributed by atoms with Gasteiger partial charge in [0.1, 0.15) is 12.9 Å². The molecule has 1 N–H and O–H groups in total. The molecule has 0 fully saturated rings. The highest BCUT2D eigenvalue weighted by Gasteiger charge is 2.13. The quantitative estimate of drug-likeness (QED) is 0.469. The molecule has 0 saturated carbocycles. The molecule has 0 heterocycles. The van der Waals surface area contributed by atoms with E-state index in [0.717, 1.165) is 0 Å². The van der Waals surface area contributed by atoms with Gasteiger partial charge in [0.2, 0.25) is 0 Å². The first-order valence-electron chi connectivity index (χ1n) is 4.71. The second-order valence-corrected chi connectivity index (χ2v) is 3.01. The number of nitrogens with one attached hydrogen (secondary N) is 1. The predicted molar refractivity (Wildman–Crippen MR) is 57.3 cm³/mol. The third-order valence-corrected chi connectivity index (χ3v) is 1.88. The molecule has 0 saturated heterocycles. The zero-order valence-electron chi connectivity index (χ0n) is 8.79. The Labute approximate surface area is 96.5 Å². The van der Waals surface area contributed by atoms with Crippen molar-refractivity contribution in [3.8, 4) is 0 Å². The Morgan fingerprint density at radius 1 is 1.47 bits per heavy atom. The van der Waals surface area contributed by atoms with Crippen molar-refractivity contribution in [3.63, 3.8) is 0 Å². The number of hydrogen-bond acceptors (Lipinski definition) is 5. The smallest absolute Gasteiger partial charge is 0.407 e. The first kappa shape index (κ1) is 12.6. The van der Waals surface area contributed by atoms with Crippen LogP contribution >= 0.6 is 0 Å². The van der Waals surface area contributed by atoms with Gasteiger partial charge in [0, 0.05) is 6.07 Å². The Morgan fingerprint density at radius 2 is 2.18 bits per heavy atom. The monoisotopic (exact) mass is 238 g/mol. The van der Waals surface area contributed by atoms with E-state index in [4.69, 9.17) is 4.74 Å². The molecule has 0 aliphatic rings. The summed E-state index contributed by atoms with van der Waals surface area (Å²) in [5, 5.41) is 12.8. The van der Waals surface area contributed by atoms with Gasteiger partial charge in [-0.3, -0.25) is 10.1 Å². The van der Waals surface area contributed by atoms with Crippen LogP contribution in [0.15, 0.2) is 24.3 Å². The number of ether oxygens (including phenoxy) is 1. The van der Waals surface area contributed by atoms with Crippen LogP contribution in [0.3, 0.4) is 0 Å². The summed E-state index contributed by atoms with van der Waals surface area (Å²) in [5.41, 5.74) is 0.175. The van der Waals surface area contributed by atoms with Gasteiger partial charge in [0.05, 0.1) is 17.0 Å². The number of carbonyl (C=O) groups is 2. The molecule has 90 valence electrons. The Balaban J connectivity index is 2.60. The lowest BCUT2D eigenvalue weighted by molar-refractivity contribution is -0.385. The van der Waals surface area contributed by atoms with Gasteiger partial charge in [0.15, 0.2) is 0 Å². The van der Waals surface area contributed by atoms with Gasteiger partial charge < -0.3 is 14.8 Å². The zero-order valence-corrected chi connectivity index (χ0v) is 8.79. The summed E-state index contributed by atoms with van der Waals surface area (Å²) in [5.74, 6) is 0. The Morgan fingerprint density at radius 3 is 2.82 bits per heavy atom. The molecule has 7 nitrogen and oxygen atoms in total. The van der Waals surface area contributed by atoms with Crippen LogP contribution in [0.4, 0.5) is 10.5 Å². The minimum Gasteiger partial charge on any atom is -0.444 e. The summed E-state index contributed by atoms with van der Waals surface area (Å²) in [4.78, 5) is 31.0. The van der Waals surface area contributed by atoms with Gasteiger partial charge in [-0.15, -0.1) is 0 Å². The number of nitrogens with zero attached hydrogens (tertiary/aromatic N) is 1. The Kier molecular flexibility index (Phi) is 4.61. The second-order valence-electron chi connectivity index (χ2n) is 3.01. The first-order valence-corrected chi connectivity index (χ1v) is 4.71. The number of carbonyl (C=O) groups excluding carboxylic acids is 2. The molecule has 7 heteroatoms. The first-order chi connectivity index (χ1) is 8.15.